The van der Waals surface area contributed by atoms with E-state index in [1.165, 1.54) is 165 Å². The first kappa shape index (κ1) is 91.0. The molecule has 29 fully saturated rings. The Morgan fingerprint density at radius 1 is 0.346 bits per heavy atom. The van der Waals surface area contributed by atoms with Gasteiger partial charge in [0.25, 0.3) is 0 Å². The highest BCUT2D eigenvalue weighted by molar-refractivity contribution is 5.88. The van der Waals surface area contributed by atoms with Gasteiger partial charge in [0.15, 0.2) is 0 Å². The van der Waals surface area contributed by atoms with Crippen molar-refractivity contribution in [2.75, 3.05) is 26.4 Å². The first-order valence-electron chi connectivity index (χ1n) is 51.5. The Balaban J connectivity index is 0.0000000895. The summed E-state index contributed by atoms with van der Waals surface area (Å²) in [5.41, 5.74) is 4.38. The predicted octanol–water partition coefficient (Wildman–Crippen LogP) is 17.1. The van der Waals surface area contributed by atoms with Crippen LogP contribution in [0.5, 0.6) is 0 Å². The molecule has 712 valence electrons. The number of ether oxygens (including phenoxy) is 16. The van der Waals surface area contributed by atoms with Gasteiger partial charge in [0.1, 0.15) is 31.5 Å². The molecule has 0 N–H and O–H groups in total. The Morgan fingerprint density at radius 2 is 0.838 bits per heavy atom. The van der Waals surface area contributed by atoms with E-state index >= 15 is 0 Å². The van der Waals surface area contributed by atoms with Crippen LogP contribution in [0.2, 0.25) is 0 Å². The molecule has 50 unspecified atom stereocenters. The fraction of sp³-hybridized carbons (Fsp3) is 0.789. The number of hydrogen-bond donors (Lipinski definition) is 0. The van der Waals surface area contributed by atoms with E-state index in [2.05, 4.69) is 99.1 Å². The molecule has 29 rings (SSSR count). The van der Waals surface area contributed by atoms with Crippen molar-refractivity contribution in [2.24, 2.45) is 160 Å². The highest BCUT2D eigenvalue weighted by Crippen LogP contribution is 2.71. The summed E-state index contributed by atoms with van der Waals surface area (Å²) < 4.78 is 89.1. The van der Waals surface area contributed by atoms with Crippen LogP contribution >= 0.6 is 0 Å². The standard InChI is InChI=1S/C16H22O4.C15H20O4.2C14H18O3.C13H16O3.2C10H16O.C9H12O.C8H12O/c1-8(2)16(17)19-4-3-18-12-6-9-5-10(12)11-7-13-15(20-13)14(9)11;1-2-13(16)18-4-3-17-11-6-8-5-9(11)10-7-12-15(19-12)14(8)10;1-6(2)14(15)17-10-4-7-3-8(10)9-5-11-13(16-11)12(7)9;1-6(2)14(15)16-10-4-3-7-8-5-9(11(7)10)13-12(8)17-13;1-2-11(14)15-9-4-6-3-7(9)8-5-10-13(16-10)12(6)8;1-7(2)8-4-5-10(3)9(6-8)11-10;1-6(2)8-5-4-7(3)9-10(8)11-9;1-2-5-3-6-4-7(5)9-8(6)10-9;1-2-6-3-4-7-8(5-6)9-7/h9-15H,1,3-7H2,2H3;2,8-12,14-15H,1,3-7H2;2*7-13H,1,3-5H2,2H3;2,6-10,12-13H,1,3-5H2;8-9H,1,4-6H2,2-3H3;7-10H,1,4-5H2,2-3H3;2,5-9H,1,3-4H2;2,6-8H,1,3-5H2. The molecule has 130 heavy (non-hydrogen) atoms. The van der Waals surface area contributed by atoms with Crippen molar-refractivity contribution in [3.63, 3.8) is 0 Å². The van der Waals surface area contributed by atoms with Gasteiger partial charge in [0.2, 0.25) is 0 Å². The van der Waals surface area contributed by atoms with Gasteiger partial charge in [-0.2, -0.15) is 0 Å². The van der Waals surface area contributed by atoms with Gasteiger partial charge in [0, 0.05) is 40.7 Å². The van der Waals surface area contributed by atoms with Crippen LogP contribution < -0.4 is 0 Å². The maximum absolute atomic E-state index is 11.6. The van der Waals surface area contributed by atoms with Gasteiger partial charge in [-0.15, -0.1) is 13.2 Å². The van der Waals surface area contributed by atoms with E-state index in [1.807, 2.05) is 0 Å². The van der Waals surface area contributed by atoms with Crippen LogP contribution in [0.25, 0.3) is 0 Å². The van der Waals surface area contributed by atoms with Crippen LogP contribution in [0.1, 0.15) is 209 Å². The molecule has 9 aliphatic heterocycles. The monoisotopic (exact) mass is 1800 g/mol. The fourth-order valence-corrected chi connectivity index (χ4v) is 32.6. The molecule has 0 amide bonds. The molecule has 0 aromatic heterocycles. The maximum atomic E-state index is 11.6. The second kappa shape index (κ2) is 36.2. The van der Waals surface area contributed by atoms with Crippen molar-refractivity contribution in [1.29, 1.82) is 0 Å². The first-order valence-corrected chi connectivity index (χ1v) is 51.5. The number of hydrogen-bond acceptors (Lipinski definition) is 21. The van der Waals surface area contributed by atoms with Crippen molar-refractivity contribution < 1.29 is 99.8 Å². The number of epoxide rings is 9. The third-order valence-electron chi connectivity index (χ3n) is 39.0. The summed E-state index contributed by atoms with van der Waals surface area (Å²) in [6.07, 6.45) is 48.7. The van der Waals surface area contributed by atoms with Gasteiger partial charge in [-0.05, 0) is 350 Å². The lowest BCUT2D eigenvalue weighted by Crippen LogP contribution is -2.34. The molecule has 0 aromatic carbocycles. The summed E-state index contributed by atoms with van der Waals surface area (Å²) in [5.74, 6) is 19.0. The number of fused-ring (bicyclic) bond motifs is 44. The van der Waals surface area contributed by atoms with Gasteiger partial charge in [0.05, 0.1) is 135 Å². The van der Waals surface area contributed by atoms with Gasteiger partial charge in [-0.3, -0.25) is 0 Å². The highest BCUT2D eigenvalue weighted by atomic mass is 16.6. The number of esters is 5. The van der Waals surface area contributed by atoms with Gasteiger partial charge < -0.3 is 75.8 Å². The van der Waals surface area contributed by atoms with Crippen LogP contribution in [0.3, 0.4) is 0 Å². The third kappa shape index (κ3) is 17.8. The molecular weight excluding hydrogens is 1650 g/mol. The van der Waals surface area contributed by atoms with Crippen molar-refractivity contribution in [3.8, 4) is 0 Å². The average Bonchev–Trinajstić information content (AvgIpc) is 1.51. The van der Waals surface area contributed by atoms with E-state index in [4.69, 9.17) is 75.8 Å². The summed E-state index contributed by atoms with van der Waals surface area (Å²) in [6, 6.07) is 0. The zero-order valence-corrected chi connectivity index (χ0v) is 78.5. The quantitative estimate of drug-likeness (QED) is 0.0274. The molecule has 9 heterocycles. The molecule has 12 bridgehead atoms. The maximum Gasteiger partial charge on any atom is 0.333 e. The number of carbonyl (C=O) groups is 5. The van der Waals surface area contributed by atoms with E-state index in [-0.39, 0.29) is 53.8 Å². The Hall–Kier alpha value is -5.43. The summed E-state index contributed by atoms with van der Waals surface area (Å²) >= 11 is 0. The topological polar surface area (TPSA) is 263 Å². The normalized spacial score (nSPS) is 51.3. The minimum Gasteiger partial charge on any atom is -0.460 e. The van der Waals surface area contributed by atoms with Crippen LogP contribution in [-0.2, 0) is 99.8 Å². The smallest absolute Gasteiger partial charge is 0.333 e. The molecule has 21 nitrogen and oxygen atoms in total. The molecule has 29 aliphatic rings. The summed E-state index contributed by atoms with van der Waals surface area (Å²) in [4.78, 5) is 56.7. The first-order chi connectivity index (χ1) is 62.6. The number of allylic oxidation sites excluding steroid dienone is 3. The van der Waals surface area contributed by atoms with Crippen LogP contribution in [0.4, 0.5) is 0 Å². The Morgan fingerprint density at radius 3 is 1.33 bits per heavy atom. The summed E-state index contributed by atoms with van der Waals surface area (Å²) in [7, 11) is 0. The number of rotatable bonds is 20. The lowest BCUT2D eigenvalue weighted by atomic mass is 9.79. The molecular formula is C109H150O21. The van der Waals surface area contributed by atoms with E-state index in [0.717, 1.165) is 149 Å². The van der Waals surface area contributed by atoms with Crippen molar-refractivity contribution in [1.82, 2.24) is 0 Å². The zero-order valence-electron chi connectivity index (χ0n) is 78.5. The van der Waals surface area contributed by atoms with Crippen molar-refractivity contribution >= 4 is 29.8 Å². The largest absolute Gasteiger partial charge is 0.460 e. The predicted molar refractivity (Wildman–Crippen MR) is 484 cm³/mol. The third-order valence-corrected chi connectivity index (χ3v) is 39.0. The fourth-order valence-electron chi connectivity index (χ4n) is 32.6. The number of carbonyl (C=O) groups excluding carboxylic acids is 5. The van der Waals surface area contributed by atoms with Gasteiger partial charge in [-0.1, -0.05) is 76.3 Å². The minimum atomic E-state index is -0.371. The summed E-state index contributed by atoms with van der Waals surface area (Å²) in [5, 5.41) is 0. The average molecular weight is 1800 g/mol. The van der Waals surface area contributed by atoms with Gasteiger partial charge in [-0.25, -0.2) is 24.0 Å². The molecule has 0 radical (unpaired) electrons. The van der Waals surface area contributed by atoms with E-state index in [0.29, 0.717) is 189 Å². The van der Waals surface area contributed by atoms with Crippen LogP contribution in [0.15, 0.2) is 111 Å². The summed E-state index contributed by atoms with van der Waals surface area (Å²) in [6.45, 7) is 48.9. The molecule has 50 atom stereocenters. The lowest BCUT2D eigenvalue weighted by molar-refractivity contribution is -0.149. The second-order valence-electron chi connectivity index (χ2n) is 46.4. The Labute approximate surface area is 771 Å². The highest BCUT2D eigenvalue weighted by Gasteiger charge is 2.73. The van der Waals surface area contributed by atoms with E-state index < -0.39 is 0 Å². The Bertz CT molecular complexity index is 4390. The van der Waals surface area contributed by atoms with Crippen molar-refractivity contribution in [3.05, 3.63) is 111 Å². The molecule has 20 saturated carbocycles. The van der Waals surface area contributed by atoms with Gasteiger partial charge >= 0.3 is 29.8 Å². The lowest BCUT2D eigenvalue weighted by Gasteiger charge is -2.32. The zero-order chi connectivity index (χ0) is 90.2. The minimum absolute atomic E-state index is 0.129. The molecule has 0 aromatic rings. The molecule has 20 aliphatic carbocycles. The molecule has 21 heteroatoms. The van der Waals surface area contributed by atoms with E-state index in [9.17, 15) is 24.0 Å². The van der Waals surface area contributed by atoms with Crippen LogP contribution in [-0.4, -0.2) is 196 Å². The van der Waals surface area contributed by atoms with E-state index in [1.54, 1.807) is 20.8 Å². The SMILES string of the molecule is C=C(C)C(=O)OC1CC2CC1C1CC3OC3C21.C=C(C)C(=O)OC1CCC2C3CC(C4OC34)C12.C=C(C)C(=O)OCCOC1CC2CC1C1CC3OC3C21.C=C(C)C1CCC(C)C2OC12.C=C(C)C1CCC2(C)OC2C1.C=CC(=O)OC1CC2CC1C1CC3OC3C21.C=CC(=O)OCCOC1CC2CC1C1CC3OC3C21.C=CC1CC2CC1C1OC21.C=CC1CCC2OC2C1. The molecule has 0 spiro atoms. The van der Waals surface area contributed by atoms with Crippen LogP contribution in [0, 0.1) is 160 Å². The Kier molecular flexibility index (Phi) is 25.3. The molecule has 9 saturated heterocycles. The second-order valence-corrected chi connectivity index (χ2v) is 46.4. The van der Waals surface area contributed by atoms with Crippen molar-refractivity contribution in [2.45, 2.75) is 349 Å².